The maximum atomic E-state index is 12.4. The summed E-state index contributed by atoms with van der Waals surface area (Å²) in [7, 11) is 0. The number of pyridine rings is 1. The molecule has 1 aliphatic carbocycles. The normalized spacial score (nSPS) is 13.7. The summed E-state index contributed by atoms with van der Waals surface area (Å²) in [6, 6.07) is 8.16. The fourth-order valence-corrected chi connectivity index (χ4v) is 2.47. The lowest BCUT2D eigenvalue weighted by atomic mass is 9.93. The number of Topliss-reactive ketones (excluding diaryl/α,β-unsaturated/α-hetero) is 1. The Morgan fingerprint density at radius 2 is 1.76 bits per heavy atom. The molecule has 0 amide bonds. The maximum Gasteiger partial charge on any atom is 0.210 e. The van der Waals surface area contributed by atoms with E-state index in [1.807, 2.05) is 0 Å². The van der Waals surface area contributed by atoms with Crippen molar-refractivity contribution in [3.63, 3.8) is 0 Å². The van der Waals surface area contributed by atoms with Crippen molar-refractivity contribution in [1.82, 2.24) is 4.98 Å². The van der Waals surface area contributed by atoms with E-state index in [9.17, 15) is 9.59 Å². The zero-order chi connectivity index (χ0) is 15.0. The Hall–Kier alpha value is -2.17. The second-order valence-electron chi connectivity index (χ2n) is 4.41. The van der Waals surface area contributed by atoms with Gasteiger partial charge in [-0.1, -0.05) is 47.5 Å². The molecular formula is C15H8Cl2N2O2. The van der Waals surface area contributed by atoms with E-state index in [0.717, 1.165) is 0 Å². The predicted molar refractivity (Wildman–Crippen MR) is 81.1 cm³/mol. The molecule has 0 spiro atoms. The summed E-state index contributed by atoms with van der Waals surface area (Å²) in [5, 5.41) is 3.44. The molecule has 0 bridgehead atoms. The van der Waals surface area contributed by atoms with E-state index in [0.29, 0.717) is 16.1 Å². The Bertz CT molecular complexity index is 800. The molecule has 3 rings (SSSR count). The Morgan fingerprint density at radius 1 is 1.05 bits per heavy atom. The Kier molecular flexibility index (Phi) is 3.49. The highest BCUT2D eigenvalue weighted by Crippen LogP contribution is 2.26. The zero-order valence-corrected chi connectivity index (χ0v) is 12.1. The molecule has 0 fully saturated rings. The minimum absolute atomic E-state index is 0.135. The van der Waals surface area contributed by atoms with Gasteiger partial charge in [-0.05, 0) is 6.07 Å². The van der Waals surface area contributed by atoms with Gasteiger partial charge in [0.25, 0.3) is 0 Å². The van der Waals surface area contributed by atoms with Gasteiger partial charge in [-0.3, -0.25) is 9.59 Å². The van der Waals surface area contributed by atoms with Crippen molar-refractivity contribution in [3.05, 3.63) is 69.5 Å². The maximum absolute atomic E-state index is 12.4. The highest BCUT2D eigenvalue weighted by molar-refractivity contribution is 6.36. The van der Waals surface area contributed by atoms with Crippen LogP contribution in [0.25, 0.3) is 0 Å². The number of carbonyl (C=O) groups excluding carboxylic acids is 2. The number of halogens is 2. The summed E-state index contributed by atoms with van der Waals surface area (Å²) in [4.78, 5) is 28.4. The van der Waals surface area contributed by atoms with Gasteiger partial charge >= 0.3 is 0 Å². The Balaban J connectivity index is 1.97. The lowest BCUT2D eigenvalue weighted by molar-refractivity contribution is 0.0985. The third-order valence-electron chi connectivity index (χ3n) is 3.02. The molecule has 0 saturated heterocycles. The number of carbonyl (C=O) groups is 2. The van der Waals surface area contributed by atoms with Crippen LogP contribution in [0.5, 0.6) is 0 Å². The fraction of sp³-hybridized carbons (Fsp3) is 0. The second kappa shape index (κ2) is 5.31. The first kappa shape index (κ1) is 13.8. The monoisotopic (exact) mass is 318 g/mol. The van der Waals surface area contributed by atoms with Gasteiger partial charge in [0.05, 0.1) is 15.7 Å². The molecule has 1 aliphatic rings. The van der Waals surface area contributed by atoms with Crippen LogP contribution in [0, 0.1) is 0 Å². The van der Waals surface area contributed by atoms with Crippen LogP contribution in [0.4, 0.5) is 5.82 Å². The number of hydrogen-bond donors (Lipinski definition) is 1. The number of nitrogens with one attached hydrogen (secondary N) is 1. The molecule has 0 atom stereocenters. The van der Waals surface area contributed by atoms with E-state index in [1.165, 1.54) is 18.3 Å². The number of nitrogens with zero attached hydrogens (tertiary/aromatic N) is 1. The van der Waals surface area contributed by atoms with Gasteiger partial charge in [-0.25, -0.2) is 4.98 Å². The molecule has 0 saturated carbocycles. The first-order chi connectivity index (χ1) is 10.1. The topological polar surface area (TPSA) is 59.1 Å². The summed E-state index contributed by atoms with van der Waals surface area (Å²) in [5.41, 5.74) is 0.885. The first-order valence-electron chi connectivity index (χ1n) is 6.04. The van der Waals surface area contributed by atoms with Gasteiger partial charge in [0.15, 0.2) is 5.78 Å². The number of fused-ring (bicyclic) bond motifs is 1. The van der Waals surface area contributed by atoms with Crippen molar-refractivity contribution in [1.29, 1.82) is 0 Å². The van der Waals surface area contributed by atoms with E-state index < -0.39 is 0 Å². The van der Waals surface area contributed by atoms with E-state index in [-0.39, 0.29) is 28.1 Å². The lowest BCUT2D eigenvalue weighted by Crippen LogP contribution is -2.21. The van der Waals surface area contributed by atoms with E-state index in [1.54, 1.807) is 24.3 Å². The standard InChI is InChI=1S/C15H8Cl2N2O2/c16-8-5-11(17)15(18-7-8)19-12-6-13(20)9-3-1-2-4-10(9)14(12)21/h1-7H,(H,18,19). The molecule has 4 nitrogen and oxygen atoms in total. The molecule has 104 valence electrons. The average molecular weight is 319 g/mol. The number of aromatic nitrogens is 1. The van der Waals surface area contributed by atoms with E-state index in [4.69, 9.17) is 23.2 Å². The largest absolute Gasteiger partial charge is 0.336 e. The Morgan fingerprint density at radius 3 is 2.48 bits per heavy atom. The Labute approximate surface area is 130 Å². The van der Waals surface area contributed by atoms with Gasteiger partial charge in [0.1, 0.15) is 5.82 Å². The van der Waals surface area contributed by atoms with Crippen LogP contribution in [0.15, 0.2) is 48.3 Å². The molecule has 0 unspecified atom stereocenters. The number of ketones is 2. The number of benzene rings is 1. The number of hydrogen-bond acceptors (Lipinski definition) is 4. The molecule has 1 aromatic carbocycles. The molecule has 0 aliphatic heterocycles. The van der Waals surface area contributed by atoms with Gasteiger partial charge < -0.3 is 5.32 Å². The minimum Gasteiger partial charge on any atom is -0.336 e. The van der Waals surface area contributed by atoms with Crippen molar-refractivity contribution in [2.75, 3.05) is 5.32 Å². The molecule has 1 N–H and O–H groups in total. The fourth-order valence-electron chi connectivity index (χ4n) is 2.04. The SMILES string of the molecule is O=C1C=C(Nc2ncc(Cl)cc2Cl)C(=O)c2ccccc21. The second-order valence-corrected chi connectivity index (χ2v) is 5.25. The smallest absolute Gasteiger partial charge is 0.210 e. The highest BCUT2D eigenvalue weighted by atomic mass is 35.5. The van der Waals surface area contributed by atoms with E-state index >= 15 is 0 Å². The summed E-state index contributed by atoms with van der Waals surface area (Å²) >= 11 is 11.8. The van der Waals surface area contributed by atoms with Crippen molar-refractivity contribution in [2.45, 2.75) is 0 Å². The van der Waals surface area contributed by atoms with Crippen LogP contribution in [0.1, 0.15) is 20.7 Å². The zero-order valence-electron chi connectivity index (χ0n) is 10.6. The lowest BCUT2D eigenvalue weighted by Gasteiger charge is -2.16. The molecule has 6 heteroatoms. The van der Waals surface area contributed by atoms with Gasteiger partial charge in [-0.2, -0.15) is 0 Å². The summed E-state index contributed by atoms with van der Waals surface area (Å²) in [5.74, 6) is -0.247. The number of rotatable bonds is 2. The molecule has 2 aromatic rings. The third kappa shape index (κ3) is 2.55. The third-order valence-corrected chi connectivity index (χ3v) is 3.51. The van der Waals surface area contributed by atoms with Crippen molar-refractivity contribution >= 4 is 40.6 Å². The molecular weight excluding hydrogens is 311 g/mol. The number of anilines is 1. The van der Waals surface area contributed by atoms with Crippen molar-refractivity contribution in [2.24, 2.45) is 0 Å². The van der Waals surface area contributed by atoms with Gasteiger partial charge in [-0.15, -0.1) is 0 Å². The van der Waals surface area contributed by atoms with Crippen LogP contribution in [-0.4, -0.2) is 16.6 Å². The van der Waals surface area contributed by atoms with Crippen LogP contribution < -0.4 is 5.32 Å². The average Bonchev–Trinajstić information content (AvgIpc) is 2.47. The molecule has 21 heavy (non-hydrogen) atoms. The van der Waals surface area contributed by atoms with Crippen LogP contribution in [0.2, 0.25) is 10.0 Å². The minimum atomic E-state index is -0.280. The molecule has 1 aromatic heterocycles. The van der Waals surface area contributed by atoms with Crippen LogP contribution in [0.3, 0.4) is 0 Å². The highest BCUT2D eigenvalue weighted by Gasteiger charge is 2.25. The van der Waals surface area contributed by atoms with Crippen molar-refractivity contribution in [3.8, 4) is 0 Å². The quantitative estimate of drug-likeness (QED) is 0.915. The molecule has 0 radical (unpaired) electrons. The number of allylic oxidation sites excluding steroid dienone is 2. The summed E-state index contributed by atoms with van der Waals surface area (Å²) in [6.07, 6.45) is 2.65. The van der Waals surface area contributed by atoms with Crippen molar-refractivity contribution < 1.29 is 9.59 Å². The van der Waals surface area contributed by atoms with Crippen LogP contribution in [-0.2, 0) is 0 Å². The summed E-state index contributed by atoms with van der Waals surface area (Å²) in [6.45, 7) is 0. The van der Waals surface area contributed by atoms with Crippen LogP contribution >= 0.6 is 23.2 Å². The molecule has 1 heterocycles. The predicted octanol–water partition coefficient (Wildman–Crippen LogP) is 3.76. The van der Waals surface area contributed by atoms with E-state index in [2.05, 4.69) is 10.3 Å². The van der Waals surface area contributed by atoms with Gasteiger partial charge in [0.2, 0.25) is 5.78 Å². The summed E-state index contributed by atoms with van der Waals surface area (Å²) < 4.78 is 0. The van der Waals surface area contributed by atoms with Gasteiger partial charge in [0, 0.05) is 23.4 Å². The first-order valence-corrected chi connectivity index (χ1v) is 6.79.